The predicted octanol–water partition coefficient (Wildman–Crippen LogP) is 5.18. The minimum absolute atomic E-state index is 0.0492. The van der Waals surface area contributed by atoms with E-state index in [-0.39, 0.29) is 33.0 Å². The first kappa shape index (κ1) is 25.7. The van der Waals surface area contributed by atoms with Crippen LogP contribution in [-0.4, -0.2) is 44.7 Å². The highest BCUT2D eigenvalue weighted by Gasteiger charge is 2.71. The van der Waals surface area contributed by atoms with Gasteiger partial charge in [-0.2, -0.15) is 0 Å². The second-order valence-electron chi connectivity index (χ2n) is 15.2. The van der Waals surface area contributed by atoms with E-state index in [1.807, 2.05) is 0 Å². The van der Waals surface area contributed by atoms with Gasteiger partial charge in [-0.05, 0) is 90.3 Å². The molecule has 5 rings (SSSR count). The molecule has 0 amide bonds. The molecular weight excluding hydrogens is 440 g/mol. The van der Waals surface area contributed by atoms with Gasteiger partial charge >= 0.3 is 5.97 Å². The van der Waals surface area contributed by atoms with Gasteiger partial charge in [0.1, 0.15) is 0 Å². The largest absolute Gasteiger partial charge is 0.481 e. The van der Waals surface area contributed by atoms with Crippen molar-refractivity contribution in [2.24, 2.45) is 50.2 Å². The summed E-state index contributed by atoms with van der Waals surface area (Å²) >= 11 is 0. The summed E-state index contributed by atoms with van der Waals surface area (Å²) in [5.41, 5.74) is -0.684. The fraction of sp³-hybridized carbons (Fsp3) is 0.900. The lowest BCUT2D eigenvalue weighted by molar-refractivity contribution is -0.234. The number of allylic oxidation sites excluding steroid dienone is 1. The van der Waals surface area contributed by atoms with Gasteiger partial charge in [0.25, 0.3) is 0 Å². The molecular formula is C30H48O5. The van der Waals surface area contributed by atoms with E-state index in [0.29, 0.717) is 31.1 Å². The monoisotopic (exact) mass is 488 g/mol. The van der Waals surface area contributed by atoms with E-state index in [2.05, 4.69) is 54.5 Å². The van der Waals surface area contributed by atoms with Gasteiger partial charge in [-0.25, -0.2) is 0 Å². The number of hydrogen-bond acceptors (Lipinski definition) is 4. The van der Waals surface area contributed by atoms with E-state index >= 15 is 0 Å². The lowest BCUT2D eigenvalue weighted by Gasteiger charge is -2.71. The van der Waals surface area contributed by atoms with Gasteiger partial charge < -0.3 is 20.4 Å². The molecule has 0 aromatic carbocycles. The Labute approximate surface area is 211 Å². The second kappa shape index (κ2) is 7.35. The van der Waals surface area contributed by atoms with Crippen LogP contribution in [0.25, 0.3) is 0 Å². The van der Waals surface area contributed by atoms with Crippen molar-refractivity contribution in [2.75, 3.05) is 0 Å². The van der Waals surface area contributed by atoms with Crippen LogP contribution in [0.3, 0.4) is 0 Å². The fourth-order valence-corrected chi connectivity index (χ4v) is 10.7. The summed E-state index contributed by atoms with van der Waals surface area (Å²) in [7, 11) is 0. The molecule has 5 heteroatoms. The van der Waals surface area contributed by atoms with E-state index < -0.39 is 29.7 Å². The molecule has 5 aliphatic rings. The number of aliphatic carboxylic acids is 1. The van der Waals surface area contributed by atoms with Crippen molar-refractivity contribution in [2.45, 2.75) is 118 Å². The summed E-state index contributed by atoms with van der Waals surface area (Å²) in [6.07, 6.45) is 6.54. The van der Waals surface area contributed by atoms with Crippen molar-refractivity contribution >= 4 is 5.97 Å². The van der Waals surface area contributed by atoms with Crippen molar-refractivity contribution in [1.29, 1.82) is 0 Å². The Bertz CT molecular complexity index is 952. The van der Waals surface area contributed by atoms with Gasteiger partial charge in [-0.3, -0.25) is 4.79 Å². The van der Waals surface area contributed by atoms with Crippen LogP contribution < -0.4 is 0 Å². The summed E-state index contributed by atoms with van der Waals surface area (Å²) in [6, 6.07) is 0. The van der Waals surface area contributed by atoms with E-state index in [9.17, 15) is 25.2 Å². The SMILES string of the molecule is CC1(C)CC[C@]2(C(=O)O)CC[C@]3(C)C(=CC[C@@H]4[C@@]5(C)C[C@@H](O)[C@@H](O)C(C)(C)C5CC[C@]43C)[C@H]2[C@@H]1O. The topological polar surface area (TPSA) is 98.0 Å². The van der Waals surface area contributed by atoms with E-state index in [0.717, 1.165) is 32.1 Å². The van der Waals surface area contributed by atoms with Crippen molar-refractivity contribution in [1.82, 2.24) is 0 Å². The maximum Gasteiger partial charge on any atom is 0.310 e. The number of carboxylic acid groups (broad SMARTS) is 1. The minimum atomic E-state index is -0.877. The molecule has 1 unspecified atom stereocenters. The average Bonchev–Trinajstić information content (AvgIpc) is 2.75. The first-order chi connectivity index (χ1) is 16.0. The molecule has 0 aromatic rings. The molecule has 0 heterocycles. The maximum atomic E-state index is 12.8. The summed E-state index contributed by atoms with van der Waals surface area (Å²) in [5, 5.41) is 44.1. The molecule has 0 aliphatic heterocycles. The zero-order valence-corrected chi connectivity index (χ0v) is 22.9. The molecule has 198 valence electrons. The van der Waals surface area contributed by atoms with Crippen molar-refractivity contribution in [3.05, 3.63) is 11.6 Å². The van der Waals surface area contributed by atoms with E-state index in [1.165, 1.54) is 5.57 Å². The van der Waals surface area contributed by atoms with E-state index in [4.69, 9.17) is 0 Å². The number of aliphatic hydroxyl groups is 3. The molecule has 5 aliphatic carbocycles. The number of fused-ring (bicyclic) bond motifs is 7. The zero-order chi connectivity index (χ0) is 26.0. The van der Waals surface area contributed by atoms with Gasteiger partial charge in [0.2, 0.25) is 0 Å². The van der Waals surface area contributed by atoms with Crippen LogP contribution in [0.2, 0.25) is 0 Å². The Kier molecular flexibility index (Phi) is 5.40. The number of hydrogen-bond donors (Lipinski definition) is 4. The molecule has 0 bridgehead atoms. The lowest BCUT2D eigenvalue weighted by atomic mass is 9.33. The number of aliphatic hydroxyl groups excluding tert-OH is 3. The molecule has 4 saturated carbocycles. The molecule has 4 N–H and O–H groups in total. The normalized spacial score (nSPS) is 54.4. The molecule has 0 aromatic heterocycles. The summed E-state index contributed by atoms with van der Waals surface area (Å²) < 4.78 is 0. The lowest BCUT2D eigenvalue weighted by Crippen LogP contribution is -2.68. The molecule has 10 atom stereocenters. The first-order valence-electron chi connectivity index (χ1n) is 14.0. The summed E-state index contributed by atoms with van der Waals surface area (Å²) in [4.78, 5) is 12.8. The Morgan fingerprint density at radius 3 is 2.11 bits per heavy atom. The van der Waals surface area contributed by atoms with Gasteiger partial charge in [-0.15, -0.1) is 0 Å². The molecule has 0 saturated heterocycles. The molecule has 35 heavy (non-hydrogen) atoms. The average molecular weight is 489 g/mol. The predicted molar refractivity (Wildman–Crippen MR) is 135 cm³/mol. The van der Waals surface area contributed by atoms with Gasteiger partial charge in [0, 0.05) is 5.92 Å². The number of carbonyl (C=O) groups is 1. The van der Waals surface area contributed by atoms with Crippen molar-refractivity contribution in [3.63, 3.8) is 0 Å². The van der Waals surface area contributed by atoms with Crippen LogP contribution >= 0.6 is 0 Å². The highest BCUT2D eigenvalue weighted by atomic mass is 16.4. The first-order valence-corrected chi connectivity index (χ1v) is 14.0. The van der Waals surface area contributed by atoms with Gasteiger partial charge in [-0.1, -0.05) is 60.1 Å². The fourth-order valence-electron chi connectivity index (χ4n) is 10.7. The summed E-state index contributed by atoms with van der Waals surface area (Å²) in [6.45, 7) is 15.6. The van der Waals surface area contributed by atoms with Crippen molar-refractivity contribution < 1.29 is 25.2 Å². The van der Waals surface area contributed by atoms with Crippen LogP contribution in [0.5, 0.6) is 0 Å². The van der Waals surface area contributed by atoms with Crippen LogP contribution in [0.15, 0.2) is 11.6 Å². The van der Waals surface area contributed by atoms with Crippen LogP contribution in [-0.2, 0) is 4.79 Å². The highest BCUT2D eigenvalue weighted by Crippen LogP contribution is 2.75. The van der Waals surface area contributed by atoms with Crippen LogP contribution in [0.4, 0.5) is 0 Å². The molecule has 5 nitrogen and oxygen atoms in total. The second-order valence-corrected chi connectivity index (χ2v) is 15.2. The minimum Gasteiger partial charge on any atom is -0.481 e. The third-order valence-electron chi connectivity index (χ3n) is 13.2. The van der Waals surface area contributed by atoms with Crippen LogP contribution in [0, 0.1) is 50.2 Å². The van der Waals surface area contributed by atoms with Crippen LogP contribution in [0.1, 0.15) is 99.8 Å². The third kappa shape index (κ3) is 2.95. The Balaban J connectivity index is 1.63. The van der Waals surface area contributed by atoms with Gasteiger partial charge in [0.05, 0.1) is 23.7 Å². The number of rotatable bonds is 1. The standard InChI is InChI=1S/C30H48O5/c1-25(2)12-14-30(24(34)35)15-13-28(6)17(21(30)23(25)33)8-9-20-27(5)16-18(31)22(32)26(3,4)19(27)10-11-29(20,28)7/h8,18-23,31-33H,9-16H2,1-7H3,(H,34,35)/t18-,19?,20-,21+,22-,23+,27+,28-,29-,30+/m1/s1. The Hall–Kier alpha value is -0.910. The third-order valence-corrected chi connectivity index (χ3v) is 13.2. The zero-order valence-electron chi connectivity index (χ0n) is 22.9. The maximum absolute atomic E-state index is 12.8. The molecule has 0 spiro atoms. The number of carboxylic acids is 1. The Morgan fingerprint density at radius 2 is 1.49 bits per heavy atom. The molecule has 4 fully saturated rings. The van der Waals surface area contributed by atoms with E-state index in [1.54, 1.807) is 0 Å². The molecule has 0 radical (unpaired) electrons. The Morgan fingerprint density at radius 1 is 0.857 bits per heavy atom. The van der Waals surface area contributed by atoms with Crippen molar-refractivity contribution in [3.8, 4) is 0 Å². The smallest absolute Gasteiger partial charge is 0.310 e. The summed E-state index contributed by atoms with van der Waals surface area (Å²) in [5.74, 6) is -0.420. The van der Waals surface area contributed by atoms with Gasteiger partial charge in [0.15, 0.2) is 0 Å². The highest BCUT2D eigenvalue weighted by molar-refractivity contribution is 5.77. The quantitative estimate of drug-likeness (QED) is 0.382.